The Labute approximate surface area is 162 Å². The second-order valence-electron chi connectivity index (χ2n) is 7.27. The third kappa shape index (κ3) is 3.58. The van der Waals surface area contributed by atoms with E-state index in [1.807, 2.05) is 11.4 Å². The molecule has 0 bridgehead atoms. The number of carbonyl (C=O) groups excluding carboxylic acids is 2. The molecule has 27 heavy (non-hydrogen) atoms. The van der Waals surface area contributed by atoms with Gasteiger partial charge in [0.05, 0.1) is 0 Å². The standard InChI is InChI=1S/C21H23NO4S/c1-13(20(24)22-8-6-19-16(12-22)7-9-27-19)26-21(25)17-10-14-4-2-3-5-15(14)11-18(17)23/h7,9-11,13,23H,2-6,8,12H2,1H3. The van der Waals surface area contributed by atoms with Crippen LogP contribution in [0.5, 0.6) is 5.75 Å². The lowest BCUT2D eigenvalue weighted by Crippen LogP contribution is -2.42. The summed E-state index contributed by atoms with van der Waals surface area (Å²) in [6.07, 6.45) is 3.97. The first-order valence-corrected chi connectivity index (χ1v) is 10.3. The van der Waals surface area contributed by atoms with Crippen molar-refractivity contribution in [3.63, 3.8) is 0 Å². The molecule has 142 valence electrons. The van der Waals surface area contributed by atoms with E-state index in [1.165, 1.54) is 10.4 Å². The number of aryl methyl sites for hydroxylation is 2. The number of ether oxygens (including phenoxy) is 1. The van der Waals surface area contributed by atoms with E-state index in [-0.39, 0.29) is 17.2 Å². The minimum atomic E-state index is -0.881. The summed E-state index contributed by atoms with van der Waals surface area (Å²) in [5.41, 5.74) is 3.50. The Balaban J connectivity index is 1.44. The van der Waals surface area contributed by atoms with E-state index in [1.54, 1.807) is 35.3 Å². The number of benzene rings is 1. The molecule has 1 aliphatic carbocycles. The fourth-order valence-electron chi connectivity index (χ4n) is 3.90. The molecule has 1 aromatic heterocycles. The average molecular weight is 385 g/mol. The maximum absolute atomic E-state index is 12.7. The number of phenols is 1. The van der Waals surface area contributed by atoms with E-state index in [0.717, 1.165) is 43.2 Å². The number of carbonyl (C=O) groups is 2. The van der Waals surface area contributed by atoms with Gasteiger partial charge in [-0.25, -0.2) is 4.79 Å². The third-order valence-electron chi connectivity index (χ3n) is 5.43. The topological polar surface area (TPSA) is 66.8 Å². The molecule has 0 spiro atoms. The van der Waals surface area contributed by atoms with Crippen LogP contribution in [0.15, 0.2) is 23.6 Å². The molecule has 2 aliphatic rings. The fourth-order valence-corrected chi connectivity index (χ4v) is 4.79. The van der Waals surface area contributed by atoms with Crippen molar-refractivity contribution in [1.29, 1.82) is 0 Å². The summed E-state index contributed by atoms with van der Waals surface area (Å²) in [7, 11) is 0. The first kappa shape index (κ1) is 18.0. The Morgan fingerprint density at radius 2 is 1.89 bits per heavy atom. The number of fused-ring (bicyclic) bond motifs is 2. The highest BCUT2D eigenvalue weighted by Crippen LogP contribution is 2.29. The van der Waals surface area contributed by atoms with Gasteiger partial charge in [-0.2, -0.15) is 0 Å². The number of nitrogens with zero attached hydrogens (tertiary/aromatic N) is 1. The van der Waals surface area contributed by atoms with Crippen molar-refractivity contribution in [3.05, 3.63) is 50.7 Å². The first-order chi connectivity index (χ1) is 13.0. The molecule has 1 aliphatic heterocycles. The summed E-state index contributed by atoms with van der Waals surface area (Å²) in [5.74, 6) is -0.909. The highest BCUT2D eigenvalue weighted by Gasteiger charge is 2.29. The lowest BCUT2D eigenvalue weighted by Gasteiger charge is -2.29. The summed E-state index contributed by atoms with van der Waals surface area (Å²) in [6, 6.07) is 5.43. The molecule has 2 heterocycles. The SMILES string of the molecule is CC(OC(=O)c1cc2c(cc1O)CCCC2)C(=O)N1CCc2sccc2C1. The van der Waals surface area contributed by atoms with Gasteiger partial charge in [-0.15, -0.1) is 11.3 Å². The van der Waals surface area contributed by atoms with E-state index < -0.39 is 12.1 Å². The zero-order valence-electron chi connectivity index (χ0n) is 15.4. The smallest absolute Gasteiger partial charge is 0.342 e. The van der Waals surface area contributed by atoms with Crippen molar-refractivity contribution in [1.82, 2.24) is 4.90 Å². The Hall–Kier alpha value is -2.34. The number of hydrogen-bond acceptors (Lipinski definition) is 5. The fraction of sp³-hybridized carbons (Fsp3) is 0.429. The van der Waals surface area contributed by atoms with Crippen LogP contribution in [0.25, 0.3) is 0 Å². The molecular formula is C21H23NO4S. The maximum atomic E-state index is 12.7. The summed E-state index contributed by atoms with van der Waals surface area (Å²) in [6.45, 7) is 2.79. The minimum Gasteiger partial charge on any atom is -0.507 e. The Kier molecular flexibility index (Phi) is 4.91. The predicted molar refractivity (Wildman–Crippen MR) is 103 cm³/mol. The largest absolute Gasteiger partial charge is 0.507 e. The van der Waals surface area contributed by atoms with Crippen LogP contribution in [-0.2, 0) is 35.3 Å². The normalized spacial score (nSPS) is 17.0. The summed E-state index contributed by atoms with van der Waals surface area (Å²) < 4.78 is 5.41. The van der Waals surface area contributed by atoms with Crippen LogP contribution in [0.3, 0.4) is 0 Å². The Morgan fingerprint density at radius 3 is 2.67 bits per heavy atom. The molecule has 1 unspecified atom stereocenters. The molecule has 0 saturated heterocycles. The van der Waals surface area contributed by atoms with E-state index in [9.17, 15) is 14.7 Å². The molecule has 1 aromatic carbocycles. The van der Waals surface area contributed by atoms with Crippen molar-refractivity contribution in [2.75, 3.05) is 6.54 Å². The van der Waals surface area contributed by atoms with Crippen molar-refractivity contribution in [3.8, 4) is 5.75 Å². The highest BCUT2D eigenvalue weighted by molar-refractivity contribution is 7.10. The second-order valence-corrected chi connectivity index (χ2v) is 8.27. The molecule has 1 amide bonds. The lowest BCUT2D eigenvalue weighted by atomic mass is 9.90. The van der Waals surface area contributed by atoms with Crippen molar-refractivity contribution in [2.45, 2.75) is 51.7 Å². The van der Waals surface area contributed by atoms with Crippen LogP contribution >= 0.6 is 11.3 Å². The zero-order valence-corrected chi connectivity index (χ0v) is 16.2. The summed E-state index contributed by atoms with van der Waals surface area (Å²) in [5, 5.41) is 12.3. The van der Waals surface area contributed by atoms with Crippen molar-refractivity contribution >= 4 is 23.2 Å². The van der Waals surface area contributed by atoms with Crippen LogP contribution in [-0.4, -0.2) is 34.5 Å². The van der Waals surface area contributed by atoms with E-state index in [0.29, 0.717) is 13.1 Å². The number of thiophene rings is 1. The van der Waals surface area contributed by atoms with Gasteiger partial charge in [0.15, 0.2) is 6.10 Å². The van der Waals surface area contributed by atoms with Crippen LogP contribution < -0.4 is 0 Å². The summed E-state index contributed by atoms with van der Waals surface area (Å²) in [4.78, 5) is 28.3. The molecule has 2 aromatic rings. The Bertz CT molecular complexity index is 888. The Morgan fingerprint density at radius 1 is 1.15 bits per heavy atom. The first-order valence-electron chi connectivity index (χ1n) is 9.42. The monoisotopic (exact) mass is 385 g/mol. The van der Waals surface area contributed by atoms with Crippen molar-refractivity contribution in [2.24, 2.45) is 0 Å². The third-order valence-corrected chi connectivity index (χ3v) is 6.45. The number of amides is 1. The minimum absolute atomic E-state index is 0.0683. The van der Waals surface area contributed by atoms with Gasteiger partial charge in [0.25, 0.3) is 5.91 Å². The van der Waals surface area contributed by atoms with Crippen LogP contribution in [0.4, 0.5) is 0 Å². The molecular weight excluding hydrogens is 362 g/mol. The number of phenolic OH excluding ortho intramolecular Hbond substituents is 1. The van der Waals surface area contributed by atoms with E-state index in [2.05, 4.69) is 0 Å². The van der Waals surface area contributed by atoms with Gasteiger partial charge in [0.1, 0.15) is 11.3 Å². The zero-order chi connectivity index (χ0) is 19.0. The van der Waals surface area contributed by atoms with Gasteiger partial charge >= 0.3 is 5.97 Å². The number of aromatic hydroxyl groups is 1. The molecule has 1 N–H and O–H groups in total. The quantitative estimate of drug-likeness (QED) is 0.822. The van der Waals surface area contributed by atoms with Crippen LogP contribution in [0, 0.1) is 0 Å². The molecule has 0 fully saturated rings. The van der Waals surface area contributed by atoms with E-state index >= 15 is 0 Å². The lowest BCUT2D eigenvalue weighted by molar-refractivity contribution is -0.140. The van der Waals surface area contributed by atoms with Gasteiger partial charge in [-0.05, 0) is 79.3 Å². The van der Waals surface area contributed by atoms with Crippen LogP contribution in [0.1, 0.15) is 51.7 Å². The van der Waals surface area contributed by atoms with Gasteiger partial charge in [0.2, 0.25) is 0 Å². The molecule has 4 rings (SSSR count). The molecule has 6 heteroatoms. The number of hydrogen-bond donors (Lipinski definition) is 1. The molecule has 5 nitrogen and oxygen atoms in total. The average Bonchev–Trinajstić information content (AvgIpc) is 3.14. The molecule has 1 atom stereocenters. The van der Waals surface area contributed by atoms with Crippen LogP contribution in [0.2, 0.25) is 0 Å². The van der Waals surface area contributed by atoms with Gasteiger partial charge in [0, 0.05) is 18.0 Å². The van der Waals surface area contributed by atoms with Gasteiger partial charge in [-0.3, -0.25) is 4.79 Å². The van der Waals surface area contributed by atoms with Gasteiger partial charge in [-0.1, -0.05) is 0 Å². The molecule has 0 radical (unpaired) electrons. The van der Waals surface area contributed by atoms with E-state index in [4.69, 9.17) is 4.74 Å². The number of rotatable bonds is 3. The van der Waals surface area contributed by atoms with Crippen molar-refractivity contribution < 1.29 is 19.4 Å². The summed E-state index contributed by atoms with van der Waals surface area (Å²) >= 11 is 1.72. The number of esters is 1. The highest BCUT2D eigenvalue weighted by atomic mass is 32.1. The maximum Gasteiger partial charge on any atom is 0.342 e. The molecule has 0 saturated carbocycles. The van der Waals surface area contributed by atoms with Gasteiger partial charge < -0.3 is 14.7 Å². The second kappa shape index (κ2) is 7.35. The predicted octanol–water partition coefficient (Wildman–Crippen LogP) is 3.46.